The fourth-order valence-electron chi connectivity index (χ4n) is 2.21. The van der Waals surface area contributed by atoms with Gasteiger partial charge in [-0.3, -0.25) is 4.90 Å². The summed E-state index contributed by atoms with van der Waals surface area (Å²) in [4.78, 5) is 1.97. The fourth-order valence-corrected chi connectivity index (χ4v) is 2.21. The van der Waals surface area contributed by atoms with Gasteiger partial charge in [-0.2, -0.15) is 0 Å². The van der Waals surface area contributed by atoms with E-state index < -0.39 is 5.82 Å². The van der Waals surface area contributed by atoms with Gasteiger partial charge in [0.15, 0.2) is 0 Å². The van der Waals surface area contributed by atoms with Crippen molar-refractivity contribution in [1.82, 2.24) is 4.90 Å². The first-order chi connectivity index (χ1) is 10.0. The van der Waals surface area contributed by atoms with Gasteiger partial charge in [0.2, 0.25) is 0 Å². The highest BCUT2D eigenvalue weighted by atomic mass is 19.1. The summed E-state index contributed by atoms with van der Waals surface area (Å²) in [7, 11) is 3.51. The molecule has 21 heavy (non-hydrogen) atoms. The average molecular weight is 291 g/mol. The van der Waals surface area contributed by atoms with Crippen LogP contribution in [0.3, 0.4) is 0 Å². The topological polar surface area (TPSA) is 12.5 Å². The lowest BCUT2D eigenvalue weighted by Gasteiger charge is -2.25. The molecule has 1 atom stereocenters. The summed E-state index contributed by atoms with van der Waals surface area (Å²) in [5.41, 5.74) is 1.45. The number of hydrogen-bond acceptors (Lipinski definition) is 2. The number of nitrogens with zero attached hydrogens (tertiary/aromatic N) is 1. The van der Waals surface area contributed by atoms with Crippen LogP contribution in [-0.2, 0) is 6.54 Å². The fraction of sp³-hybridized carbons (Fsp3) is 0.294. The predicted molar refractivity (Wildman–Crippen MR) is 79.2 cm³/mol. The highest BCUT2D eigenvalue weighted by Crippen LogP contribution is 2.23. The Balaban J connectivity index is 2.11. The summed E-state index contributed by atoms with van der Waals surface area (Å²) >= 11 is 0. The number of halogens is 2. The number of hydrogen-bond donors (Lipinski definition) is 0. The molecule has 0 aliphatic rings. The lowest BCUT2D eigenvalue weighted by molar-refractivity contribution is 0.249. The van der Waals surface area contributed by atoms with E-state index in [4.69, 9.17) is 4.74 Å². The zero-order valence-electron chi connectivity index (χ0n) is 12.4. The SMILES string of the molecule is COc1ccc(C(C)N(C)Cc2cc(F)ccc2F)cc1. The van der Waals surface area contributed by atoms with Crippen molar-refractivity contribution in [3.8, 4) is 5.75 Å². The first-order valence-electron chi connectivity index (χ1n) is 6.79. The van der Waals surface area contributed by atoms with E-state index in [9.17, 15) is 8.78 Å². The molecular formula is C17H19F2NO. The van der Waals surface area contributed by atoms with Crippen LogP contribution in [0.15, 0.2) is 42.5 Å². The van der Waals surface area contributed by atoms with E-state index in [1.165, 1.54) is 6.07 Å². The first-order valence-corrected chi connectivity index (χ1v) is 6.79. The van der Waals surface area contributed by atoms with E-state index in [1.807, 2.05) is 43.1 Å². The van der Waals surface area contributed by atoms with Crippen molar-refractivity contribution in [2.24, 2.45) is 0 Å². The zero-order chi connectivity index (χ0) is 15.4. The van der Waals surface area contributed by atoms with E-state index in [1.54, 1.807) is 7.11 Å². The molecule has 0 fully saturated rings. The Morgan fingerprint density at radius 3 is 2.38 bits per heavy atom. The van der Waals surface area contributed by atoms with E-state index in [0.717, 1.165) is 23.4 Å². The molecule has 0 aliphatic heterocycles. The van der Waals surface area contributed by atoms with Crippen LogP contribution in [0.4, 0.5) is 8.78 Å². The van der Waals surface area contributed by atoms with Crippen LogP contribution in [0.5, 0.6) is 5.75 Å². The Morgan fingerprint density at radius 1 is 1.10 bits per heavy atom. The number of benzene rings is 2. The largest absolute Gasteiger partial charge is 0.497 e. The van der Waals surface area contributed by atoms with Crippen molar-refractivity contribution in [3.05, 3.63) is 65.2 Å². The molecule has 0 radical (unpaired) electrons. The van der Waals surface area contributed by atoms with E-state index >= 15 is 0 Å². The third kappa shape index (κ3) is 3.79. The number of ether oxygens (including phenoxy) is 1. The van der Waals surface area contributed by atoms with Gasteiger partial charge < -0.3 is 4.74 Å². The Kier molecular flexibility index (Phi) is 4.91. The Bertz CT molecular complexity index is 598. The van der Waals surface area contributed by atoms with E-state index in [0.29, 0.717) is 12.1 Å². The molecule has 0 saturated heterocycles. The predicted octanol–water partition coefficient (Wildman–Crippen LogP) is 4.17. The number of rotatable bonds is 5. The third-order valence-electron chi connectivity index (χ3n) is 3.69. The molecule has 0 aromatic heterocycles. The van der Waals surface area contributed by atoms with E-state index in [-0.39, 0.29) is 11.9 Å². The molecule has 2 rings (SSSR count). The van der Waals surface area contributed by atoms with Gasteiger partial charge in [-0.25, -0.2) is 8.78 Å². The zero-order valence-corrected chi connectivity index (χ0v) is 12.4. The van der Waals surface area contributed by atoms with Gasteiger partial charge in [0, 0.05) is 18.2 Å². The van der Waals surface area contributed by atoms with Crippen LogP contribution in [0.2, 0.25) is 0 Å². The van der Waals surface area contributed by atoms with Crippen LogP contribution < -0.4 is 4.74 Å². The summed E-state index contributed by atoms with van der Waals surface area (Å²) in [6.07, 6.45) is 0. The summed E-state index contributed by atoms with van der Waals surface area (Å²) in [6.45, 7) is 2.37. The summed E-state index contributed by atoms with van der Waals surface area (Å²) < 4.78 is 32.0. The van der Waals surface area contributed by atoms with Gasteiger partial charge in [-0.15, -0.1) is 0 Å². The Hall–Kier alpha value is -1.94. The molecule has 0 amide bonds. The van der Waals surface area contributed by atoms with Gasteiger partial charge in [0.25, 0.3) is 0 Å². The molecule has 0 saturated carbocycles. The van der Waals surface area contributed by atoms with Gasteiger partial charge in [-0.1, -0.05) is 12.1 Å². The molecule has 4 heteroatoms. The molecule has 0 bridgehead atoms. The maximum Gasteiger partial charge on any atom is 0.127 e. The van der Waals surface area contributed by atoms with Gasteiger partial charge in [0.1, 0.15) is 17.4 Å². The summed E-state index contributed by atoms with van der Waals surface area (Å²) in [5.74, 6) is -0.00754. The second kappa shape index (κ2) is 6.68. The summed E-state index contributed by atoms with van der Waals surface area (Å²) in [5, 5.41) is 0. The standard InChI is InChI=1S/C17H19F2NO/c1-12(13-4-7-16(21-3)8-5-13)20(2)11-14-10-15(18)6-9-17(14)19/h4-10,12H,11H2,1-3H3. The maximum atomic E-state index is 13.7. The van der Waals surface area contributed by atoms with Gasteiger partial charge in [0.05, 0.1) is 7.11 Å². The van der Waals surface area contributed by atoms with Crippen molar-refractivity contribution in [2.75, 3.05) is 14.2 Å². The number of methoxy groups -OCH3 is 1. The van der Waals surface area contributed by atoms with Crippen LogP contribution >= 0.6 is 0 Å². The Morgan fingerprint density at radius 2 is 1.76 bits per heavy atom. The third-order valence-corrected chi connectivity index (χ3v) is 3.69. The monoisotopic (exact) mass is 291 g/mol. The van der Waals surface area contributed by atoms with Gasteiger partial charge in [-0.05, 0) is 49.9 Å². The second-order valence-corrected chi connectivity index (χ2v) is 5.10. The molecule has 0 spiro atoms. The minimum absolute atomic E-state index is 0.0820. The molecule has 2 aromatic rings. The maximum absolute atomic E-state index is 13.7. The molecule has 112 valence electrons. The van der Waals surface area contributed by atoms with Crippen LogP contribution in [0.1, 0.15) is 24.1 Å². The van der Waals surface area contributed by atoms with Crippen LogP contribution in [-0.4, -0.2) is 19.1 Å². The highest BCUT2D eigenvalue weighted by molar-refractivity contribution is 5.29. The lowest BCUT2D eigenvalue weighted by Crippen LogP contribution is -2.22. The van der Waals surface area contributed by atoms with E-state index in [2.05, 4.69) is 0 Å². The van der Waals surface area contributed by atoms with Crippen molar-refractivity contribution < 1.29 is 13.5 Å². The minimum atomic E-state index is -0.420. The molecule has 2 nitrogen and oxygen atoms in total. The van der Waals surface area contributed by atoms with Crippen molar-refractivity contribution >= 4 is 0 Å². The Labute approximate surface area is 124 Å². The second-order valence-electron chi connectivity index (χ2n) is 5.10. The molecule has 0 N–H and O–H groups in total. The lowest BCUT2D eigenvalue weighted by atomic mass is 10.1. The minimum Gasteiger partial charge on any atom is -0.497 e. The molecule has 0 heterocycles. The first kappa shape index (κ1) is 15.4. The van der Waals surface area contributed by atoms with Crippen LogP contribution in [0.25, 0.3) is 0 Å². The van der Waals surface area contributed by atoms with Crippen molar-refractivity contribution in [1.29, 1.82) is 0 Å². The smallest absolute Gasteiger partial charge is 0.127 e. The molecule has 1 unspecified atom stereocenters. The molecule has 2 aromatic carbocycles. The molecule has 0 aliphatic carbocycles. The average Bonchev–Trinajstić information content (AvgIpc) is 2.50. The molecular weight excluding hydrogens is 272 g/mol. The highest BCUT2D eigenvalue weighted by Gasteiger charge is 2.14. The normalized spacial score (nSPS) is 12.5. The summed E-state index contributed by atoms with van der Waals surface area (Å²) in [6, 6.07) is 11.3. The van der Waals surface area contributed by atoms with Crippen molar-refractivity contribution in [2.45, 2.75) is 19.5 Å². The quantitative estimate of drug-likeness (QED) is 0.820. The van der Waals surface area contributed by atoms with Crippen LogP contribution in [0, 0.1) is 11.6 Å². The van der Waals surface area contributed by atoms with Crippen molar-refractivity contribution in [3.63, 3.8) is 0 Å². The van der Waals surface area contributed by atoms with Gasteiger partial charge >= 0.3 is 0 Å².